The molecule has 2 rings (SSSR count). The summed E-state index contributed by atoms with van der Waals surface area (Å²) in [6, 6.07) is 11.2. The number of likely N-dealkylation sites (tertiary alicyclic amines) is 1. The Morgan fingerprint density at radius 3 is 2.83 bits per heavy atom. The predicted octanol–water partition coefficient (Wildman–Crippen LogP) is 2.06. The topological polar surface area (TPSA) is 24.5 Å². The van der Waals surface area contributed by atoms with Crippen LogP contribution in [0.5, 0.6) is 0 Å². The van der Waals surface area contributed by atoms with Crippen LogP contribution in [0.2, 0.25) is 0 Å². The smallest absolute Gasteiger partial charge is 0.0698 e. The minimum atomic E-state index is 0.391. The lowest BCUT2D eigenvalue weighted by Crippen LogP contribution is -2.44. The Balaban J connectivity index is 2.09. The Hall–Kier alpha value is -0.900. The summed E-state index contributed by atoms with van der Waals surface area (Å²) in [7, 11) is 3.84. The van der Waals surface area contributed by atoms with Gasteiger partial charge in [0.2, 0.25) is 0 Å². The standard InChI is InChI=1S/C15H24N2O/c1-16-11-15(13-7-4-3-5-8-13)17-10-6-9-14(12-17)18-2/h3-5,7-8,14-16H,6,9-12H2,1-2H3. The molecule has 3 nitrogen and oxygen atoms in total. The minimum absolute atomic E-state index is 0.391. The van der Waals surface area contributed by atoms with Gasteiger partial charge in [-0.1, -0.05) is 30.3 Å². The van der Waals surface area contributed by atoms with E-state index >= 15 is 0 Å². The van der Waals surface area contributed by atoms with Gasteiger partial charge in [0, 0.05) is 26.2 Å². The van der Waals surface area contributed by atoms with Crippen molar-refractivity contribution >= 4 is 0 Å². The molecule has 100 valence electrons. The lowest BCUT2D eigenvalue weighted by Gasteiger charge is -2.38. The minimum Gasteiger partial charge on any atom is -0.380 e. The van der Waals surface area contributed by atoms with Crippen LogP contribution >= 0.6 is 0 Å². The van der Waals surface area contributed by atoms with Crippen LogP contribution in [-0.2, 0) is 4.74 Å². The Labute approximate surface area is 110 Å². The van der Waals surface area contributed by atoms with Crippen molar-refractivity contribution in [2.45, 2.75) is 25.0 Å². The van der Waals surface area contributed by atoms with E-state index in [9.17, 15) is 0 Å². The maximum Gasteiger partial charge on any atom is 0.0698 e. The molecule has 2 atom stereocenters. The zero-order chi connectivity index (χ0) is 12.8. The van der Waals surface area contributed by atoms with Gasteiger partial charge in [-0.15, -0.1) is 0 Å². The van der Waals surface area contributed by atoms with E-state index in [4.69, 9.17) is 4.74 Å². The number of nitrogens with one attached hydrogen (secondary N) is 1. The highest BCUT2D eigenvalue weighted by molar-refractivity contribution is 5.19. The van der Waals surface area contributed by atoms with E-state index in [-0.39, 0.29) is 0 Å². The van der Waals surface area contributed by atoms with Crippen LogP contribution in [0.25, 0.3) is 0 Å². The van der Waals surface area contributed by atoms with Gasteiger partial charge in [-0.2, -0.15) is 0 Å². The monoisotopic (exact) mass is 248 g/mol. The first-order valence-corrected chi connectivity index (χ1v) is 6.81. The van der Waals surface area contributed by atoms with Gasteiger partial charge in [0.25, 0.3) is 0 Å². The summed E-state index contributed by atoms with van der Waals surface area (Å²) in [6.07, 6.45) is 2.81. The van der Waals surface area contributed by atoms with Crippen molar-refractivity contribution in [3.8, 4) is 0 Å². The van der Waals surface area contributed by atoms with E-state index in [1.165, 1.54) is 24.9 Å². The van der Waals surface area contributed by atoms with Gasteiger partial charge in [-0.05, 0) is 32.0 Å². The molecule has 1 aromatic carbocycles. The van der Waals surface area contributed by atoms with Gasteiger partial charge in [-0.3, -0.25) is 4.90 Å². The molecule has 1 aliphatic rings. The van der Waals surface area contributed by atoms with E-state index in [2.05, 4.69) is 40.5 Å². The number of hydrogen-bond acceptors (Lipinski definition) is 3. The second-order valence-electron chi connectivity index (χ2n) is 4.98. The molecule has 0 bridgehead atoms. The second-order valence-corrected chi connectivity index (χ2v) is 4.98. The molecule has 1 fully saturated rings. The van der Waals surface area contributed by atoms with Crippen LogP contribution in [0.15, 0.2) is 30.3 Å². The van der Waals surface area contributed by atoms with Crippen LogP contribution < -0.4 is 5.32 Å². The third kappa shape index (κ3) is 3.31. The summed E-state index contributed by atoms with van der Waals surface area (Å²) in [4.78, 5) is 2.55. The zero-order valence-corrected chi connectivity index (χ0v) is 11.4. The maximum absolute atomic E-state index is 5.52. The van der Waals surface area contributed by atoms with E-state index in [1.54, 1.807) is 0 Å². The van der Waals surface area contributed by atoms with Crippen molar-refractivity contribution in [2.24, 2.45) is 0 Å². The number of likely N-dealkylation sites (N-methyl/N-ethyl adjacent to an activating group) is 1. The number of benzene rings is 1. The molecule has 0 radical (unpaired) electrons. The van der Waals surface area contributed by atoms with Crippen molar-refractivity contribution < 1.29 is 4.74 Å². The molecule has 1 heterocycles. The van der Waals surface area contributed by atoms with E-state index < -0.39 is 0 Å². The van der Waals surface area contributed by atoms with Crippen molar-refractivity contribution in [2.75, 3.05) is 33.8 Å². The Morgan fingerprint density at radius 2 is 2.17 bits per heavy atom. The van der Waals surface area contributed by atoms with Gasteiger partial charge < -0.3 is 10.1 Å². The number of methoxy groups -OCH3 is 1. The summed E-state index contributed by atoms with van der Waals surface area (Å²) in [5.41, 5.74) is 1.39. The molecule has 0 aliphatic carbocycles. The Kier molecular flexibility index (Phi) is 5.17. The second kappa shape index (κ2) is 6.88. The quantitative estimate of drug-likeness (QED) is 0.863. The predicted molar refractivity (Wildman–Crippen MR) is 74.7 cm³/mol. The van der Waals surface area contributed by atoms with E-state index in [0.29, 0.717) is 12.1 Å². The molecule has 1 saturated heterocycles. The zero-order valence-electron chi connectivity index (χ0n) is 11.4. The molecular weight excluding hydrogens is 224 g/mol. The van der Waals surface area contributed by atoms with Gasteiger partial charge in [0.05, 0.1) is 6.10 Å². The van der Waals surface area contributed by atoms with Gasteiger partial charge >= 0.3 is 0 Å². The van der Waals surface area contributed by atoms with Crippen LogP contribution in [-0.4, -0.2) is 44.8 Å². The van der Waals surface area contributed by atoms with Crippen molar-refractivity contribution in [3.05, 3.63) is 35.9 Å². The van der Waals surface area contributed by atoms with Crippen molar-refractivity contribution in [1.82, 2.24) is 10.2 Å². The fourth-order valence-electron chi connectivity index (χ4n) is 2.77. The number of rotatable bonds is 5. The third-order valence-corrected chi connectivity index (χ3v) is 3.77. The highest BCUT2D eigenvalue weighted by Crippen LogP contribution is 2.24. The lowest BCUT2D eigenvalue weighted by molar-refractivity contribution is 0.0144. The fraction of sp³-hybridized carbons (Fsp3) is 0.600. The van der Waals surface area contributed by atoms with E-state index in [1.807, 2.05) is 14.2 Å². The van der Waals surface area contributed by atoms with Gasteiger partial charge in [0.1, 0.15) is 0 Å². The molecule has 1 aromatic rings. The summed E-state index contributed by atoms with van der Waals surface area (Å²) in [6.45, 7) is 3.19. The molecule has 0 saturated carbocycles. The van der Waals surface area contributed by atoms with Crippen LogP contribution in [0.3, 0.4) is 0 Å². The maximum atomic E-state index is 5.52. The molecule has 1 N–H and O–H groups in total. The summed E-state index contributed by atoms with van der Waals surface area (Å²) in [5, 5.41) is 3.31. The Bertz CT molecular complexity index is 342. The summed E-state index contributed by atoms with van der Waals surface area (Å²) in [5.74, 6) is 0. The summed E-state index contributed by atoms with van der Waals surface area (Å²) >= 11 is 0. The van der Waals surface area contributed by atoms with Crippen molar-refractivity contribution in [3.63, 3.8) is 0 Å². The van der Waals surface area contributed by atoms with Crippen LogP contribution in [0, 0.1) is 0 Å². The molecule has 2 unspecified atom stereocenters. The molecule has 0 amide bonds. The first-order chi connectivity index (χ1) is 8.85. The molecular formula is C15H24N2O. The average molecular weight is 248 g/mol. The first-order valence-electron chi connectivity index (χ1n) is 6.81. The van der Waals surface area contributed by atoms with Gasteiger partial charge in [-0.25, -0.2) is 0 Å². The molecule has 0 spiro atoms. The average Bonchev–Trinajstić information content (AvgIpc) is 2.46. The van der Waals surface area contributed by atoms with E-state index in [0.717, 1.165) is 13.1 Å². The molecule has 18 heavy (non-hydrogen) atoms. The Morgan fingerprint density at radius 1 is 1.39 bits per heavy atom. The highest BCUT2D eigenvalue weighted by atomic mass is 16.5. The number of nitrogens with zero attached hydrogens (tertiary/aromatic N) is 1. The first kappa shape index (κ1) is 13.5. The molecule has 1 aliphatic heterocycles. The molecule has 0 aromatic heterocycles. The number of ether oxygens (including phenoxy) is 1. The number of piperidine rings is 1. The summed E-state index contributed by atoms with van der Waals surface area (Å²) < 4.78 is 5.52. The van der Waals surface area contributed by atoms with Crippen LogP contribution in [0.1, 0.15) is 24.4 Å². The lowest BCUT2D eigenvalue weighted by atomic mass is 10.0. The third-order valence-electron chi connectivity index (χ3n) is 3.77. The number of hydrogen-bond donors (Lipinski definition) is 1. The molecule has 3 heteroatoms. The van der Waals surface area contributed by atoms with Crippen LogP contribution in [0.4, 0.5) is 0 Å². The SMILES string of the molecule is CNCC(c1ccccc1)N1CCCC(OC)C1. The highest BCUT2D eigenvalue weighted by Gasteiger charge is 2.26. The largest absolute Gasteiger partial charge is 0.380 e. The normalized spacial score (nSPS) is 22.9. The fourth-order valence-corrected chi connectivity index (χ4v) is 2.77. The van der Waals surface area contributed by atoms with Crippen molar-refractivity contribution in [1.29, 1.82) is 0 Å². The van der Waals surface area contributed by atoms with Gasteiger partial charge in [0.15, 0.2) is 0 Å².